The van der Waals surface area contributed by atoms with Gasteiger partial charge < -0.3 is 18.8 Å². The second-order valence-corrected chi connectivity index (χ2v) is 21.7. The summed E-state index contributed by atoms with van der Waals surface area (Å²) in [5.74, 6) is 2.55. The molecule has 0 bridgehead atoms. The van der Waals surface area contributed by atoms with Gasteiger partial charge in [0.1, 0.15) is 5.58 Å². The standard InChI is InChI=1S/C53H61BN2O3/c1-29-21-35(52(11,12)13)22-30(2)46(29)56-41-27-36(53(14,15)16)26-40-45(41)54(44-37-24-33(50(5,6)7)18-20-42(37)59-49(44)56)38-25-34(51(8,9)10)17-19-39(38)55(40)47-31(3)23-43-48(32(47)4)58-28-57-43/h17-27H,28H2,1-16H3. The predicted molar refractivity (Wildman–Crippen MR) is 250 cm³/mol. The Balaban J connectivity index is 1.48. The normalized spacial score (nSPS) is 14.9. The van der Waals surface area contributed by atoms with Gasteiger partial charge in [0.05, 0.1) is 11.4 Å². The molecule has 5 nitrogen and oxygen atoms in total. The third-order valence-corrected chi connectivity index (χ3v) is 13.1. The highest BCUT2D eigenvalue weighted by Gasteiger charge is 2.48. The van der Waals surface area contributed by atoms with Crippen LogP contribution >= 0.6 is 0 Å². The van der Waals surface area contributed by atoms with Gasteiger partial charge in [-0.25, -0.2) is 0 Å². The van der Waals surface area contributed by atoms with Crippen molar-refractivity contribution in [3.8, 4) is 11.5 Å². The fraction of sp³-hybridized carbons (Fsp3) is 0.396. The molecule has 304 valence electrons. The number of rotatable bonds is 2. The van der Waals surface area contributed by atoms with Crippen LogP contribution in [0.4, 0.5) is 34.3 Å². The lowest BCUT2D eigenvalue weighted by atomic mass is 9.33. The van der Waals surface area contributed by atoms with Crippen LogP contribution in [0.15, 0.2) is 71.1 Å². The topological polar surface area (TPSA) is 38.1 Å². The molecule has 4 heterocycles. The summed E-state index contributed by atoms with van der Waals surface area (Å²) < 4.78 is 19.5. The zero-order chi connectivity index (χ0) is 42.5. The molecule has 6 heteroatoms. The van der Waals surface area contributed by atoms with E-state index < -0.39 is 0 Å². The Bertz CT molecular complexity index is 2720. The van der Waals surface area contributed by atoms with Crippen molar-refractivity contribution in [2.75, 3.05) is 16.6 Å². The van der Waals surface area contributed by atoms with Crippen molar-refractivity contribution < 1.29 is 13.9 Å². The number of hydrogen-bond donors (Lipinski definition) is 0. The SMILES string of the molecule is Cc1cc(C(C)(C)C)cc(C)c1N1c2cc(C(C)(C)C)cc3c2B(c2cc(C(C)(C)C)ccc2N3c2c(C)cc3c(c2C)OCO3)c2c1oc1ccc(C(C)(C)C)cc21. The third kappa shape index (κ3) is 6.02. The summed E-state index contributed by atoms with van der Waals surface area (Å²) in [5, 5.41) is 1.18. The van der Waals surface area contributed by atoms with Crippen molar-refractivity contribution in [1.29, 1.82) is 0 Å². The molecule has 0 aliphatic carbocycles. The molecule has 0 spiro atoms. The Labute approximate surface area is 352 Å². The highest BCUT2D eigenvalue weighted by molar-refractivity contribution is 7.01. The van der Waals surface area contributed by atoms with E-state index in [0.717, 1.165) is 39.8 Å². The largest absolute Gasteiger partial charge is 0.454 e. The van der Waals surface area contributed by atoms with Crippen LogP contribution in [0.2, 0.25) is 0 Å². The Kier molecular flexibility index (Phi) is 8.48. The molecule has 0 amide bonds. The molecule has 9 rings (SSSR count). The molecule has 0 saturated carbocycles. The summed E-state index contributed by atoms with van der Waals surface area (Å²) in [6.07, 6.45) is 0. The van der Waals surface area contributed by atoms with Gasteiger partial charge in [-0.3, -0.25) is 4.90 Å². The third-order valence-electron chi connectivity index (χ3n) is 13.1. The number of benzene rings is 5. The smallest absolute Gasteiger partial charge is 0.257 e. The summed E-state index contributed by atoms with van der Waals surface area (Å²) in [5.41, 5.74) is 20.2. The number of hydrogen-bond acceptors (Lipinski definition) is 5. The zero-order valence-electron chi connectivity index (χ0n) is 38.3. The van der Waals surface area contributed by atoms with Gasteiger partial charge in [-0.2, -0.15) is 0 Å². The molecule has 3 aliphatic rings. The highest BCUT2D eigenvalue weighted by atomic mass is 16.7. The monoisotopic (exact) mass is 784 g/mol. The van der Waals surface area contributed by atoms with E-state index in [1.54, 1.807) is 0 Å². The molecule has 0 unspecified atom stereocenters. The first-order chi connectivity index (χ1) is 27.4. The van der Waals surface area contributed by atoms with Crippen molar-refractivity contribution in [1.82, 2.24) is 0 Å². The van der Waals surface area contributed by atoms with E-state index >= 15 is 0 Å². The molecule has 59 heavy (non-hydrogen) atoms. The van der Waals surface area contributed by atoms with Gasteiger partial charge in [0.25, 0.3) is 6.71 Å². The lowest BCUT2D eigenvalue weighted by Crippen LogP contribution is -2.61. The number of furan rings is 1. The first-order valence-electron chi connectivity index (χ1n) is 21.5. The summed E-state index contributed by atoms with van der Waals surface area (Å²) in [6, 6.07) is 26.0. The Morgan fingerprint density at radius 1 is 0.508 bits per heavy atom. The fourth-order valence-electron chi connectivity index (χ4n) is 9.79. The minimum absolute atomic E-state index is 0.00947. The van der Waals surface area contributed by atoms with E-state index in [1.807, 2.05) is 0 Å². The fourth-order valence-corrected chi connectivity index (χ4v) is 9.79. The Morgan fingerprint density at radius 3 is 1.66 bits per heavy atom. The van der Waals surface area contributed by atoms with Gasteiger partial charge in [-0.1, -0.05) is 113 Å². The van der Waals surface area contributed by atoms with Crippen LogP contribution in [0.5, 0.6) is 11.5 Å². The van der Waals surface area contributed by atoms with Gasteiger partial charge in [-0.15, -0.1) is 0 Å². The van der Waals surface area contributed by atoms with Gasteiger partial charge in [0.15, 0.2) is 11.5 Å². The molecule has 0 N–H and O–H groups in total. The zero-order valence-corrected chi connectivity index (χ0v) is 38.3. The molecule has 1 aromatic heterocycles. The molecule has 0 radical (unpaired) electrons. The molecule has 0 saturated heterocycles. The minimum atomic E-state index is -0.149. The predicted octanol–water partition coefficient (Wildman–Crippen LogP) is 12.7. The Hall–Kier alpha value is -5.10. The number of anilines is 6. The summed E-state index contributed by atoms with van der Waals surface area (Å²) in [4.78, 5) is 5.04. The molecule has 0 atom stereocenters. The van der Waals surface area contributed by atoms with Crippen molar-refractivity contribution in [3.63, 3.8) is 0 Å². The quantitative estimate of drug-likeness (QED) is 0.163. The maximum atomic E-state index is 7.31. The van der Waals surface area contributed by atoms with Crippen LogP contribution in [0.1, 0.15) is 128 Å². The molecule has 6 aromatic rings. The van der Waals surface area contributed by atoms with Gasteiger partial charge in [0.2, 0.25) is 12.7 Å². The molecule has 5 aromatic carbocycles. The number of ether oxygens (including phenoxy) is 2. The average Bonchev–Trinajstić information content (AvgIpc) is 3.75. The van der Waals surface area contributed by atoms with Gasteiger partial charge in [0, 0.05) is 33.5 Å². The first kappa shape index (κ1) is 39.4. The van der Waals surface area contributed by atoms with Crippen molar-refractivity contribution in [2.45, 2.75) is 132 Å². The van der Waals surface area contributed by atoms with Crippen LogP contribution in [0.25, 0.3) is 11.0 Å². The van der Waals surface area contributed by atoms with E-state index in [-0.39, 0.29) is 35.2 Å². The number of aryl methyl sites for hydroxylation is 3. The van der Waals surface area contributed by atoms with E-state index in [9.17, 15) is 0 Å². The second-order valence-electron chi connectivity index (χ2n) is 21.7. The highest BCUT2D eigenvalue weighted by Crippen LogP contribution is 2.52. The van der Waals surface area contributed by atoms with Crippen LogP contribution < -0.4 is 35.7 Å². The molecule has 0 fully saturated rings. The summed E-state index contributed by atoms with van der Waals surface area (Å²) in [7, 11) is 0. The van der Waals surface area contributed by atoms with Gasteiger partial charge in [-0.05, 0) is 136 Å². The maximum Gasteiger partial charge on any atom is 0.257 e. The van der Waals surface area contributed by atoms with Crippen LogP contribution in [-0.4, -0.2) is 13.5 Å². The van der Waals surface area contributed by atoms with Crippen molar-refractivity contribution in [2.24, 2.45) is 0 Å². The van der Waals surface area contributed by atoms with E-state index in [4.69, 9.17) is 13.9 Å². The van der Waals surface area contributed by atoms with Crippen molar-refractivity contribution in [3.05, 3.63) is 111 Å². The Morgan fingerprint density at radius 2 is 1.05 bits per heavy atom. The average molecular weight is 785 g/mol. The van der Waals surface area contributed by atoms with Crippen molar-refractivity contribution >= 4 is 68.4 Å². The van der Waals surface area contributed by atoms with Crippen LogP contribution in [0.3, 0.4) is 0 Å². The second kappa shape index (κ2) is 12.7. The van der Waals surface area contributed by atoms with Gasteiger partial charge >= 0.3 is 0 Å². The lowest BCUT2D eigenvalue weighted by molar-refractivity contribution is 0.173. The van der Waals surface area contributed by atoms with Crippen LogP contribution in [-0.2, 0) is 21.7 Å². The minimum Gasteiger partial charge on any atom is -0.454 e. The molecule has 3 aliphatic heterocycles. The molecular weight excluding hydrogens is 723 g/mol. The first-order valence-corrected chi connectivity index (χ1v) is 21.5. The van der Waals surface area contributed by atoms with Crippen LogP contribution in [0, 0.1) is 27.7 Å². The number of nitrogens with zero attached hydrogens (tertiary/aromatic N) is 2. The van der Waals surface area contributed by atoms with E-state index in [1.165, 1.54) is 77.9 Å². The maximum absolute atomic E-state index is 7.31. The number of fused-ring (bicyclic) bond motifs is 7. The lowest BCUT2D eigenvalue weighted by Gasteiger charge is -2.45. The molecular formula is C53H61BN2O3. The van der Waals surface area contributed by atoms with E-state index in [2.05, 4.69) is 187 Å². The summed E-state index contributed by atoms with van der Waals surface area (Å²) in [6.45, 7) is 36.9. The van der Waals surface area contributed by atoms with E-state index in [0.29, 0.717) is 0 Å². The summed E-state index contributed by atoms with van der Waals surface area (Å²) >= 11 is 0.